The van der Waals surface area contributed by atoms with Crippen LogP contribution < -0.4 is 5.32 Å². The lowest BCUT2D eigenvalue weighted by Gasteiger charge is -2.23. The van der Waals surface area contributed by atoms with Gasteiger partial charge in [-0.3, -0.25) is 4.68 Å². The minimum Gasteiger partial charge on any atom is -0.308 e. The lowest BCUT2D eigenvalue weighted by atomic mass is 9.95. The number of hydrogen-bond acceptors (Lipinski definition) is 2. The molecule has 92 valence electrons. The molecule has 0 spiro atoms. The minimum atomic E-state index is 0.620. The second-order valence-corrected chi connectivity index (χ2v) is 4.61. The molecule has 3 nitrogen and oxygen atoms in total. The fourth-order valence-corrected chi connectivity index (χ4v) is 2.21. The van der Waals surface area contributed by atoms with Crippen LogP contribution in [0, 0.1) is 5.92 Å². The first-order chi connectivity index (χ1) is 7.69. The van der Waals surface area contributed by atoms with Gasteiger partial charge >= 0.3 is 0 Å². The molecule has 0 radical (unpaired) electrons. The quantitative estimate of drug-likeness (QED) is 0.770. The normalized spacial score (nSPS) is 15.0. The maximum atomic E-state index is 4.18. The van der Waals surface area contributed by atoms with Crippen LogP contribution in [0.2, 0.25) is 0 Å². The van der Waals surface area contributed by atoms with Crippen molar-refractivity contribution in [2.45, 2.75) is 52.6 Å². The van der Waals surface area contributed by atoms with Gasteiger partial charge in [0.2, 0.25) is 0 Å². The fourth-order valence-electron chi connectivity index (χ4n) is 2.21. The van der Waals surface area contributed by atoms with Crippen molar-refractivity contribution in [2.24, 2.45) is 13.0 Å². The number of aromatic nitrogens is 2. The van der Waals surface area contributed by atoms with E-state index in [2.05, 4.69) is 37.3 Å². The Morgan fingerprint density at radius 2 is 2.19 bits per heavy atom. The van der Waals surface area contributed by atoms with Crippen LogP contribution in [0.5, 0.6) is 0 Å². The number of nitrogens with zero attached hydrogens (tertiary/aromatic N) is 2. The summed E-state index contributed by atoms with van der Waals surface area (Å²) in [6.07, 6.45) is 5.62. The van der Waals surface area contributed by atoms with Gasteiger partial charge in [0, 0.05) is 25.8 Å². The molecule has 1 aromatic rings. The van der Waals surface area contributed by atoms with Crippen molar-refractivity contribution in [3.8, 4) is 0 Å². The minimum absolute atomic E-state index is 0.620. The van der Waals surface area contributed by atoms with E-state index in [9.17, 15) is 0 Å². The first kappa shape index (κ1) is 13.2. The maximum absolute atomic E-state index is 4.18. The van der Waals surface area contributed by atoms with Crippen LogP contribution in [0.4, 0.5) is 0 Å². The van der Waals surface area contributed by atoms with Crippen molar-refractivity contribution in [3.63, 3.8) is 0 Å². The number of rotatable bonds is 7. The zero-order chi connectivity index (χ0) is 12.0. The third-order valence-electron chi connectivity index (χ3n) is 3.34. The summed E-state index contributed by atoms with van der Waals surface area (Å²) in [5.41, 5.74) is 1.25. The van der Waals surface area contributed by atoms with Crippen molar-refractivity contribution in [1.82, 2.24) is 15.1 Å². The van der Waals surface area contributed by atoms with Gasteiger partial charge in [-0.1, -0.05) is 27.2 Å². The highest BCUT2D eigenvalue weighted by Crippen LogP contribution is 2.13. The number of hydrogen-bond donors (Lipinski definition) is 1. The number of aryl methyl sites for hydroxylation is 1. The molecule has 0 saturated carbocycles. The average Bonchev–Trinajstić information content (AvgIpc) is 2.66. The zero-order valence-electron chi connectivity index (χ0n) is 11.0. The first-order valence-corrected chi connectivity index (χ1v) is 6.39. The lowest BCUT2D eigenvalue weighted by molar-refractivity contribution is 0.341. The molecular weight excluding hydrogens is 198 g/mol. The molecule has 1 aromatic heterocycles. The second-order valence-electron chi connectivity index (χ2n) is 4.61. The standard InChI is InChI=1S/C13H25N3/c1-5-7-11(3)13(6-2)14-10-12-8-9-15-16(12)4/h8-9,11,13-14H,5-7,10H2,1-4H3. The monoisotopic (exact) mass is 223 g/mol. The van der Waals surface area contributed by atoms with Crippen LogP contribution in [0.25, 0.3) is 0 Å². The summed E-state index contributed by atoms with van der Waals surface area (Å²) in [5.74, 6) is 0.753. The van der Waals surface area contributed by atoms with Gasteiger partial charge in [-0.2, -0.15) is 5.10 Å². The van der Waals surface area contributed by atoms with Crippen molar-refractivity contribution in [3.05, 3.63) is 18.0 Å². The Balaban J connectivity index is 2.42. The molecule has 0 aliphatic heterocycles. The van der Waals surface area contributed by atoms with E-state index in [1.807, 2.05) is 17.9 Å². The summed E-state index contributed by atoms with van der Waals surface area (Å²) in [6.45, 7) is 7.77. The molecule has 1 heterocycles. The molecule has 2 unspecified atom stereocenters. The van der Waals surface area contributed by atoms with Gasteiger partial charge in [-0.15, -0.1) is 0 Å². The molecule has 16 heavy (non-hydrogen) atoms. The summed E-state index contributed by atoms with van der Waals surface area (Å²) in [4.78, 5) is 0. The summed E-state index contributed by atoms with van der Waals surface area (Å²) >= 11 is 0. The van der Waals surface area contributed by atoms with Gasteiger partial charge in [0.15, 0.2) is 0 Å². The highest BCUT2D eigenvalue weighted by molar-refractivity contribution is 4.99. The van der Waals surface area contributed by atoms with Crippen LogP contribution in [0.3, 0.4) is 0 Å². The third-order valence-corrected chi connectivity index (χ3v) is 3.34. The van der Waals surface area contributed by atoms with Crippen LogP contribution in [0.1, 0.15) is 45.7 Å². The lowest BCUT2D eigenvalue weighted by Crippen LogP contribution is -2.34. The molecular formula is C13H25N3. The molecule has 0 aromatic carbocycles. The molecule has 0 aliphatic carbocycles. The van der Waals surface area contributed by atoms with Crippen molar-refractivity contribution >= 4 is 0 Å². The van der Waals surface area contributed by atoms with Crippen LogP contribution in [-0.2, 0) is 13.6 Å². The highest BCUT2D eigenvalue weighted by Gasteiger charge is 2.14. The molecule has 0 amide bonds. The Morgan fingerprint density at radius 1 is 1.44 bits per heavy atom. The molecule has 1 N–H and O–H groups in total. The van der Waals surface area contributed by atoms with E-state index >= 15 is 0 Å². The van der Waals surface area contributed by atoms with Gasteiger partial charge in [0.05, 0.1) is 5.69 Å². The van der Waals surface area contributed by atoms with E-state index in [4.69, 9.17) is 0 Å². The van der Waals surface area contributed by atoms with E-state index < -0.39 is 0 Å². The molecule has 1 rings (SSSR count). The molecule has 2 atom stereocenters. The molecule has 0 fully saturated rings. The predicted molar refractivity (Wildman–Crippen MR) is 68.2 cm³/mol. The third kappa shape index (κ3) is 3.63. The van der Waals surface area contributed by atoms with Crippen LogP contribution in [0.15, 0.2) is 12.3 Å². The van der Waals surface area contributed by atoms with Gasteiger partial charge in [-0.05, 0) is 24.8 Å². The van der Waals surface area contributed by atoms with E-state index in [1.54, 1.807) is 0 Å². The van der Waals surface area contributed by atoms with E-state index in [0.717, 1.165) is 12.5 Å². The molecule has 0 aliphatic rings. The van der Waals surface area contributed by atoms with E-state index in [0.29, 0.717) is 6.04 Å². The maximum Gasteiger partial charge on any atom is 0.0518 e. The molecule has 3 heteroatoms. The number of nitrogens with one attached hydrogen (secondary N) is 1. The fraction of sp³-hybridized carbons (Fsp3) is 0.769. The Bertz CT molecular complexity index is 293. The SMILES string of the molecule is CCCC(C)C(CC)NCc1ccnn1C. The first-order valence-electron chi connectivity index (χ1n) is 6.39. The molecule has 0 saturated heterocycles. The predicted octanol–water partition coefficient (Wildman–Crippen LogP) is 2.72. The van der Waals surface area contributed by atoms with Crippen LogP contribution in [-0.4, -0.2) is 15.8 Å². The van der Waals surface area contributed by atoms with Crippen molar-refractivity contribution < 1.29 is 0 Å². The summed E-state index contributed by atoms with van der Waals surface area (Å²) < 4.78 is 1.93. The van der Waals surface area contributed by atoms with E-state index in [-0.39, 0.29) is 0 Å². The Morgan fingerprint density at radius 3 is 2.69 bits per heavy atom. The van der Waals surface area contributed by atoms with Crippen molar-refractivity contribution in [2.75, 3.05) is 0 Å². The topological polar surface area (TPSA) is 29.9 Å². The molecule has 0 bridgehead atoms. The highest BCUT2D eigenvalue weighted by atomic mass is 15.3. The zero-order valence-corrected chi connectivity index (χ0v) is 11.0. The summed E-state index contributed by atoms with van der Waals surface area (Å²) in [6, 6.07) is 2.69. The van der Waals surface area contributed by atoms with Gasteiger partial charge in [-0.25, -0.2) is 0 Å². The smallest absolute Gasteiger partial charge is 0.0518 e. The Hall–Kier alpha value is -0.830. The van der Waals surface area contributed by atoms with Gasteiger partial charge < -0.3 is 5.32 Å². The van der Waals surface area contributed by atoms with Gasteiger partial charge in [0.25, 0.3) is 0 Å². The van der Waals surface area contributed by atoms with Crippen LogP contribution >= 0.6 is 0 Å². The van der Waals surface area contributed by atoms with E-state index in [1.165, 1.54) is 25.0 Å². The average molecular weight is 223 g/mol. The summed E-state index contributed by atoms with van der Waals surface area (Å²) in [5, 5.41) is 7.81. The summed E-state index contributed by atoms with van der Waals surface area (Å²) in [7, 11) is 1.99. The van der Waals surface area contributed by atoms with Gasteiger partial charge in [0.1, 0.15) is 0 Å². The Kier molecular flexibility index (Phi) is 5.53. The second kappa shape index (κ2) is 6.69. The largest absolute Gasteiger partial charge is 0.308 e. The Labute approximate surface area is 99.2 Å². The van der Waals surface area contributed by atoms with Crippen molar-refractivity contribution in [1.29, 1.82) is 0 Å².